The summed E-state index contributed by atoms with van der Waals surface area (Å²) in [6.07, 6.45) is 3.55. The average molecular weight is 274 g/mol. The summed E-state index contributed by atoms with van der Waals surface area (Å²) in [5.41, 5.74) is 0. The van der Waals surface area contributed by atoms with Gasteiger partial charge in [-0.2, -0.15) is 0 Å². The van der Waals surface area contributed by atoms with Gasteiger partial charge in [0.2, 0.25) is 0 Å². The summed E-state index contributed by atoms with van der Waals surface area (Å²) in [6.45, 7) is 5.05. The zero-order chi connectivity index (χ0) is 13.9. The molecule has 108 valence electrons. The highest BCUT2D eigenvalue weighted by atomic mass is 16.6. The largest absolute Gasteiger partial charge is 0.415 e. The van der Waals surface area contributed by atoms with E-state index in [0.717, 1.165) is 13.1 Å². The number of para-hydroxylation sites is 1. The Morgan fingerprint density at radius 1 is 1.20 bits per heavy atom. The molecular weight excluding hydrogens is 252 g/mol. The molecule has 0 saturated carbocycles. The first kappa shape index (κ1) is 13.4. The summed E-state index contributed by atoms with van der Waals surface area (Å²) in [5.74, 6) is 0.621. The fourth-order valence-electron chi connectivity index (χ4n) is 3.25. The van der Waals surface area contributed by atoms with Gasteiger partial charge in [-0.3, -0.25) is 4.90 Å². The maximum absolute atomic E-state index is 12.3. The Hall–Kier alpha value is -1.55. The summed E-state index contributed by atoms with van der Waals surface area (Å²) in [6, 6.07) is 10.1. The van der Waals surface area contributed by atoms with Gasteiger partial charge in [-0.15, -0.1) is 0 Å². The third-order valence-electron chi connectivity index (χ3n) is 4.37. The number of piperidine rings is 1. The van der Waals surface area contributed by atoms with E-state index in [1.54, 1.807) is 0 Å². The Balaban J connectivity index is 1.65. The first-order chi connectivity index (χ1) is 9.74. The smallest absolute Gasteiger partial charge is 0.410 e. The molecule has 0 aliphatic carbocycles. The lowest BCUT2D eigenvalue weighted by Gasteiger charge is -2.46. The van der Waals surface area contributed by atoms with Crippen molar-refractivity contribution in [2.45, 2.75) is 38.3 Å². The molecule has 1 amide bonds. The number of nitrogens with zero attached hydrogens (tertiary/aromatic N) is 2. The van der Waals surface area contributed by atoms with Crippen LogP contribution in [0.5, 0.6) is 5.75 Å². The average Bonchev–Trinajstić information content (AvgIpc) is 2.47. The molecule has 0 radical (unpaired) electrons. The second-order valence-corrected chi connectivity index (χ2v) is 5.83. The molecule has 20 heavy (non-hydrogen) atoms. The predicted octanol–water partition coefficient (Wildman–Crippen LogP) is 2.74. The SMILES string of the molecule is CC1CN2CCCCC2CN1C(=O)Oc1ccccc1. The summed E-state index contributed by atoms with van der Waals surface area (Å²) in [7, 11) is 0. The quantitative estimate of drug-likeness (QED) is 0.789. The highest BCUT2D eigenvalue weighted by Gasteiger charge is 2.35. The van der Waals surface area contributed by atoms with Gasteiger partial charge in [-0.05, 0) is 38.4 Å². The Morgan fingerprint density at radius 3 is 2.80 bits per heavy atom. The number of hydrogen-bond acceptors (Lipinski definition) is 3. The molecule has 4 heteroatoms. The first-order valence-electron chi connectivity index (χ1n) is 7.51. The van der Waals surface area contributed by atoms with Crippen LogP contribution < -0.4 is 4.74 Å². The molecule has 0 spiro atoms. The van der Waals surface area contributed by atoms with E-state index in [4.69, 9.17) is 4.74 Å². The molecule has 0 N–H and O–H groups in total. The van der Waals surface area contributed by atoms with Crippen molar-refractivity contribution in [3.63, 3.8) is 0 Å². The van der Waals surface area contributed by atoms with Crippen molar-refractivity contribution in [1.29, 1.82) is 0 Å². The summed E-state index contributed by atoms with van der Waals surface area (Å²) in [4.78, 5) is 16.8. The minimum atomic E-state index is -0.214. The van der Waals surface area contributed by atoms with Gasteiger partial charge >= 0.3 is 6.09 Å². The van der Waals surface area contributed by atoms with E-state index in [9.17, 15) is 4.79 Å². The van der Waals surface area contributed by atoms with E-state index >= 15 is 0 Å². The minimum Gasteiger partial charge on any atom is -0.410 e. The summed E-state index contributed by atoms with van der Waals surface area (Å²) in [5, 5.41) is 0. The molecule has 0 aromatic heterocycles. The van der Waals surface area contributed by atoms with Crippen LogP contribution in [0.15, 0.2) is 30.3 Å². The van der Waals surface area contributed by atoms with Crippen molar-refractivity contribution in [2.24, 2.45) is 0 Å². The van der Waals surface area contributed by atoms with E-state index in [1.807, 2.05) is 35.2 Å². The van der Waals surface area contributed by atoms with Crippen LogP contribution in [0.3, 0.4) is 0 Å². The fraction of sp³-hybridized carbons (Fsp3) is 0.562. The molecule has 2 heterocycles. The molecule has 2 aliphatic heterocycles. The monoisotopic (exact) mass is 274 g/mol. The lowest BCUT2D eigenvalue weighted by molar-refractivity contribution is 0.0228. The third-order valence-corrected chi connectivity index (χ3v) is 4.37. The van der Waals surface area contributed by atoms with Crippen molar-refractivity contribution < 1.29 is 9.53 Å². The topological polar surface area (TPSA) is 32.8 Å². The number of ether oxygens (including phenoxy) is 1. The molecule has 2 atom stereocenters. The van der Waals surface area contributed by atoms with Crippen molar-refractivity contribution in [2.75, 3.05) is 19.6 Å². The van der Waals surface area contributed by atoms with E-state index in [1.165, 1.54) is 25.8 Å². The molecule has 2 saturated heterocycles. The predicted molar refractivity (Wildman–Crippen MR) is 77.8 cm³/mol. The van der Waals surface area contributed by atoms with Crippen LogP contribution in [0.1, 0.15) is 26.2 Å². The maximum atomic E-state index is 12.3. The summed E-state index contributed by atoms with van der Waals surface area (Å²) >= 11 is 0. The van der Waals surface area contributed by atoms with E-state index in [-0.39, 0.29) is 12.1 Å². The molecular formula is C16H22N2O2. The first-order valence-corrected chi connectivity index (χ1v) is 7.51. The number of amides is 1. The van der Waals surface area contributed by atoms with E-state index in [2.05, 4.69) is 11.8 Å². The Bertz CT molecular complexity index is 463. The number of fused-ring (bicyclic) bond motifs is 1. The Kier molecular flexibility index (Phi) is 3.92. The van der Waals surface area contributed by atoms with Gasteiger partial charge in [-0.25, -0.2) is 4.79 Å². The van der Waals surface area contributed by atoms with Gasteiger partial charge in [0.25, 0.3) is 0 Å². The molecule has 2 fully saturated rings. The lowest BCUT2D eigenvalue weighted by atomic mass is 9.97. The number of carbonyl (C=O) groups is 1. The third kappa shape index (κ3) is 2.80. The van der Waals surface area contributed by atoms with E-state index in [0.29, 0.717) is 11.8 Å². The molecule has 2 unspecified atom stereocenters. The van der Waals surface area contributed by atoms with Crippen LogP contribution in [0, 0.1) is 0 Å². The Morgan fingerprint density at radius 2 is 2.00 bits per heavy atom. The van der Waals surface area contributed by atoms with Gasteiger partial charge in [0, 0.05) is 25.2 Å². The number of carbonyl (C=O) groups excluding carboxylic acids is 1. The van der Waals surface area contributed by atoms with Crippen molar-refractivity contribution in [1.82, 2.24) is 9.80 Å². The van der Waals surface area contributed by atoms with Crippen molar-refractivity contribution in [3.8, 4) is 5.75 Å². The second kappa shape index (κ2) is 5.83. The highest BCUT2D eigenvalue weighted by Crippen LogP contribution is 2.24. The van der Waals surface area contributed by atoms with Gasteiger partial charge < -0.3 is 9.64 Å². The summed E-state index contributed by atoms with van der Waals surface area (Å²) < 4.78 is 5.47. The number of rotatable bonds is 1. The maximum Gasteiger partial charge on any atom is 0.415 e. The van der Waals surface area contributed by atoms with Crippen LogP contribution in [-0.4, -0.2) is 47.6 Å². The van der Waals surface area contributed by atoms with Crippen LogP contribution in [0.4, 0.5) is 4.79 Å². The fourth-order valence-corrected chi connectivity index (χ4v) is 3.25. The Labute approximate surface area is 120 Å². The van der Waals surface area contributed by atoms with Crippen molar-refractivity contribution >= 4 is 6.09 Å². The van der Waals surface area contributed by atoms with Gasteiger partial charge in [0.15, 0.2) is 0 Å². The number of hydrogen-bond donors (Lipinski definition) is 0. The van der Waals surface area contributed by atoms with Crippen LogP contribution >= 0.6 is 0 Å². The molecule has 1 aromatic carbocycles. The zero-order valence-corrected chi connectivity index (χ0v) is 12.0. The van der Waals surface area contributed by atoms with Crippen LogP contribution in [0.25, 0.3) is 0 Å². The molecule has 1 aromatic rings. The normalized spacial score (nSPS) is 26.9. The standard InChI is InChI=1S/C16H22N2O2/c1-13-11-17-10-6-5-7-14(17)12-18(13)16(19)20-15-8-3-2-4-9-15/h2-4,8-9,13-14H,5-7,10-12H2,1H3. The zero-order valence-electron chi connectivity index (χ0n) is 12.0. The molecule has 4 nitrogen and oxygen atoms in total. The van der Waals surface area contributed by atoms with Crippen LogP contribution in [0.2, 0.25) is 0 Å². The minimum absolute atomic E-state index is 0.214. The second-order valence-electron chi connectivity index (χ2n) is 5.83. The van der Waals surface area contributed by atoms with E-state index < -0.39 is 0 Å². The molecule has 3 rings (SSSR count). The van der Waals surface area contributed by atoms with Gasteiger partial charge in [0.05, 0.1) is 0 Å². The number of benzene rings is 1. The van der Waals surface area contributed by atoms with Crippen molar-refractivity contribution in [3.05, 3.63) is 30.3 Å². The highest BCUT2D eigenvalue weighted by molar-refractivity contribution is 5.71. The molecule has 0 bridgehead atoms. The van der Waals surface area contributed by atoms with Crippen LogP contribution in [-0.2, 0) is 0 Å². The molecule has 2 aliphatic rings. The lowest BCUT2D eigenvalue weighted by Crippen LogP contribution is -2.60. The van der Waals surface area contributed by atoms with Gasteiger partial charge in [-0.1, -0.05) is 24.6 Å². The number of piperazine rings is 1. The van der Waals surface area contributed by atoms with Gasteiger partial charge in [0.1, 0.15) is 5.75 Å².